The Morgan fingerprint density at radius 2 is 2.21 bits per heavy atom. The Kier molecular flexibility index (Phi) is 6.65. The van der Waals surface area contributed by atoms with Gasteiger partial charge in [0.05, 0.1) is 0 Å². The lowest BCUT2D eigenvalue weighted by Gasteiger charge is -2.23. The highest BCUT2D eigenvalue weighted by Crippen LogP contribution is 2.21. The quantitative estimate of drug-likeness (QED) is 0.654. The second-order valence-corrected chi connectivity index (χ2v) is 5.31. The first kappa shape index (κ1) is 12.3. The molecule has 1 aliphatic rings. The summed E-state index contributed by atoms with van der Waals surface area (Å²) in [7, 11) is 4.32. The molecule has 0 bridgehead atoms. The van der Waals surface area contributed by atoms with E-state index in [2.05, 4.69) is 29.0 Å². The molecule has 1 rings (SSSR count). The van der Waals surface area contributed by atoms with Crippen LogP contribution in [0.1, 0.15) is 25.7 Å². The monoisotopic (exact) mass is 216 g/mol. The molecule has 0 aromatic rings. The van der Waals surface area contributed by atoms with E-state index in [1.165, 1.54) is 50.3 Å². The average molecular weight is 216 g/mol. The summed E-state index contributed by atoms with van der Waals surface area (Å²) in [5, 5.41) is 3.19. The van der Waals surface area contributed by atoms with Crippen LogP contribution in [-0.4, -0.2) is 49.6 Å². The highest BCUT2D eigenvalue weighted by atomic mass is 32.2. The third-order valence-corrected chi connectivity index (χ3v) is 4.11. The number of hydrogen-bond acceptors (Lipinski definition) is 3. The molecule has 0 spiro atoms. The summed E-state index contributed by atoms with van der Waals surface area (Å²) < 4.78 is 0. The van der Waals surface area contributed by atoms with Crippen molar-refractivity contribution in [1.29, 1.82) is 0 Å². The molecule has 1 aliphatic heterocycles. The van der Waals surface area contributed by atoms with Gasteiger partial charge in [-0.3, -0.25) is 0 Å². The molecule has 2 nitrogen and oxygen atoms in total. The van der Waals surface area contributed by atoms with Crippen molar-refractivity contribution in [1.82, 2.24) is 10.2 Å². The van der Waals surface area contributed by atoms with Crippen LogP contribution in [0, 0.1) is 0 Å². The smallest absolute Gasteiger partial charge is 0.0191 e. The fourth-order valence-electron chi connectivity index (χ4n) is 1.89. The summed E-state index contributed by atoms with van der Waals surface area (Å²) in [5.74, 6) is 2.72. The molecule has 14 heavy (non-hydrogen) atoms. The summed E-state index contributed by atoms with van der Waals surface area (Å²) in [6.45, 7) is 2.46. The van der Waals surface area contributed by atoms with Crippen molar-refractivity contribution < 1.29 is 0 Å². The Balaban J connectivity index is 1.94. The summed E-state index contributed by atoms with van der Waals surface area (Å²) >= 11 is 2.11. The van der Waals surface area contributed by atoms with Gasteiger partial charge in [0.2, 0.25) is 0 Å². The van der Waals surface area contributed by atoms with E-state index in [0.717, 1.165) is 6.04 Å². The maximum atomic E-state index is 3.19. The number of hydrogen-bond donors (Lipinski definition) is 1. The molecule has 1 N–H and O–H groups in total. The van der Waals surface area contributed by atoms with Crippen molar-refractivity contribution in [2.45, 2.75) is 31.7 Å². The van der Waals surface area contributed by atoms with Gasteiger partial charge < -0.3 is 10.2 Å². The van der Waals surface area contributed by atoms with Crippen LogP contribution in [0.25, 0.3) is 0 Å². The maximum absolute atomic E-state index is 3.19. The standard InChI is InChI=1S/C11H24N2S/c1-12-7-4-3-5-8-13(2)11-6-9-14-10-11/h11-12H,3-10H2,1-2H3. The lowest BCUT2D eigenvalue weighted by molar-refractivity contribution is 0.256. The highest BCUT2D eigenvalue weighted by molar-refractivity contribution is 7.99. The average Bonchev–Trinajstić information content (AvgIpc) is 2.70. The third kappa shape index (κ3) is 4.67. The lowest BCUT2D eigenvalue weighted by Crippen LogP contribution is -2.32. The fourth-order valence-corrected chi connectivity index (χ4v) is 3.19. The van der Waals surface area contributed by atoms with Gasteiger partial charge >= 0.3 is 0 Å². The largest absolute Gasteiger partial charge is 0.320 e. The second-order valence-electron chi connectivity index (χ2n) is 4.16. The minimum absolute atomic E-state index is 0.865. The number of thioether (sulfide) groups is 1. The normalized spacial score (nSPS) is 22.1. The highest BCUT2D eigenvalue weighted by Gasteiger charge is 2.18. The second kappa shape index (κ2) is 7.55. The van der Waals surface area contributed by atoms with Crippen LogP contribution in [0.4, 0.5) is 0 Å². The Hall–Kier alpha value is 0.270. The molecule has 0 radical (unpaired) electrons. The van der Waals surface area contributed by atoms with Crippen LogP contribution in [-0.2, 0) is 0 Å². The molecular formula is C11H24N2S. The van der Waals surface area contributed by atoms with Gasteiger partial charge in [0.25, 0.3) is 0 Å². The van der Waals surface area contributed by atoms with Crippen LogP contribution in [0.3, 0.4) is 0 Å². The topological polar surface area (TPSA) is 15.3 Å². The van der Waals surface area contributed by atoms with Gasteiger partial charge in [-0.15, -0.1) is 0 Å². The number of rotatable bonds is 7. The lowest BCUT2D eigenvalue weighted by atomic mass is 10.2. The van der Waals surface area contributed by atoms with Gasteiger partial charge in [0.1, 0.15) is 0 Å². The maximum Gasteiger partial charge on any atom is 0.0191 e. The van der Waals surface area contributed by atoms with Crippen molar-refractivity contribution >= 4 is 11.8 Å². The predicted molar refractivity (Wildman–Crippen MR) is 66.1 cm³/mol. The van der Waals surface area contributed by atoms with E-state index in [9.17, 15) is 0 Å². The first-order valence-corrected chi connectivity index (χ1v) is 6.92. The van der Waals surface area contributed by atoms with Gasteiger partial charge in [-0.05, 0) is 52.2 Å². The zero-order chi connectivity index (χ0) is 10.2. The van der Waals surface area contributed by atoms with Crippen molar-refractivity contribution in [3.63, 3.8) is 0 Å². The summed E-state index contributed by atoms with van der Waals surface area (Å²) in [6.07, 6.45) is 5.45. The Labute approximate surface area is 92.8 Å². The Morgan fingerprint density at radius 1 is 1.36 bits per heavy atom. The van der Waals surface area contributed by atoms with Crippen LogP contribution in [0.2, 0.25) is 0 Å². The molecule has 0 saturated carbocycles. The van der Waals surface area contributed by atoms with Crippen LogP contribution in [0.15, 0.2) is 0 Å². The van der Waals surface area contributed by atoms with E-state index in [1.54, 1.807) is 0 Å². The van der Waals surface area contributed by atoms with Gasteiger partial charge in [-0.25, -0.2) is 0 Å². The SMILES string of the molecule is CNCCCCCN(C)C1CCSC1. The summed E-state index contributed by atoms with van der Waals surface area (Å²) in [4.78, 5) is 2.55. The zero-order valence-electron chi connectivity index (χ0n) is 9.59. The zero-order valence-corrected chi connectivity index (χ0v) is 10.4. The summed E-state index contributed by atoms with van der Waals surface area (Å²) in [6, 6.07) is 0.865. The molecule has 1 heterocycles. The van der Waals surface area contributed by atoms with E-state index in [1.807, 2.05) is 7.05 Å². The minimum atomic E-state index is 0.865. The third-order valence-electron chi connectivity index (χ3n) is 2.97. The summed E-state index contributed by atoms with van der Waals surface area (Å²) in [5.41, 5.74) is 0. The molecule has 1 unspecified atom stereocenters. The van der Waals surface area contributed by atoms with E-state index in [0.29, 0.717) is 0 Å². The van der Waals surface area contributed by atoms with Crippen molar-refractivity contribution in [3.05, 3.63) is 0 Å². The Morgan fingerprint density at radius 3 is 2.86 bits per heavy atom. The molecule has 0 amide bonds. The van der Waals surface area contributed by atoms with E-state index in [4.69, 9.17) is 0 Å². The van der Waals surface area contributed by atoms with Crippen LogP contribution in [0.5, 0.6) is 0 Å². The van der Waals surface area contributed by atoms with Gasteiger partial charge in [-0.2, -0.15) is 11.8 Å². The molecule has 1 saturated heterocycles. The molecule has 0 aromatic carbocycles. The number of unbranched alkanes of at least 4 members (excludes halogenated alkanes) is 2. The number of nitrogens with zero attached hydrogens (tertiary/aromatic N) is 1. The van der Waals surface area contributed by atoms with E-state index in [-0.39, 0.29) is 0 Å². The first-order valence-electron chi connectivity index (χ1n) is 5.77. The molecule has 0 aliphatic carbocycles. The molecule has 3 heteroatoms. The van der Waals surface area contributed by atoms with Gasteiger partial charge in [0.15, 0.2) is 0 Å². The predicted octanol–water partition coefficient (Wildman–Crippen LogP) is 1.81. The van der Waals surface area contributed by atoms with E-state index >= 15 is 0 Å². The molecule has 84 valence electrons. The first-order chi connectivity index (χ1) is 6.84. The van der Waals surface area contributed by atoms with Crippen LogP contribution >= 0.6 is 11.8 Å². The van der Waals surface area contributed by atoms with Gasteiger partial charge in [-0.1, -0.05) is 6.42 Å². The van der Waals surface area contributed by atoms with Crippen molar-refractivity contribution in [2.75, 3.05) is 38.7 Å². The fraction of sp³-hybridized carbons (Fsp3) is 1.00. The van der Waals surface area contributed by atoms with Crippen molar-refractivity contribution in [3.8, 4) is 0 Å². The number of nitrogens with one attached hydrogen (secondary N) is 1. The van der Waals surface area contributed by atoms with Crippen LogP contribution < -0.4 is 5.32 Å². The molecule has 1 atom stereocenters. The Bertz CT molecular complexity index is 135. The minimum Gasteiger partial charge on any atom is -0.320 e. The molecule has 0 aromatic heterocycles. The molecule has 1 fully saturated rings. The van der Waals surface area contributed by atoms with Gasteiger partial charge in [0, 0.05) is 11.8 Å². The molecular weight excluding hydrogens is 192 g/mol. The van der Waals surface area contributed by atoms with Crippen molar-refractivity contribution in [2.24, 2.45) is 0 Å². The van der Waals surface area contributed by atoms with E-state index < -0.39 is 0 Å².